The van der Waals surface area contributed by atoms with Crippen LogP contribution in [-0.4, -0.2) is 35.0 Å². The van der Waals surface area contributed by atoms with Crippen LogP contribution in [0.3, 0.4) is 0 Å². The molecule has 2 fully saturated rings. The van der Waals surface area contributed by atoms with Gasteiger partial charge in [0, 0.05) is 18.3 Å². The van der Waals surface area contributed by atoms with E-state index in [1.165, 1.54) is 7.11 Å². The van der Waals surface area contributed by atoms with Gasteiger partial charge in [-0.3, -0.25) is 4.79 Å². The number of hydrogen-bond acceptors (Lipinski definition) is 4. The Morgan fingerprint density at radius 3 is 2.79 bits per heavy atom. The third kappa shape index (κ3) is 4.17. The Kier molecular flexibility index (Phi) is 6.32. The van der Waals surface area contributed by atoms with E-state index in [4.69, 9.17) is 4.74 Å². The molecule has 0 aliphatic heterocycles. The van der Waals surface area contributed by atoms with Gasteiger partial charge in [-0.25, -0.2) is 9.78 Å². The monoisotopic (exact) mass is 453 g/mol. The van der Waals surface area contributed by atoms with Crippen LogP contribution in [0.25, 0.3) is 0 Å². The minimum atomic E-state index is -0.730. The Labute approximate surface area is 197 Å². The first-order chi connectivity index (χ1) is 15.6. The van der Waals surface area contributed by atoms with Gasteiger partial charge in [-0.1, -0.05) is 44.9 Å². The van der Waals surface area contributed by atoms with Crippen molar-refractivity contribution in [2.24, 2.45) is 28.1 Å². The van der Waals surface area contributed by atoms with Gasteiger partial charge >= 0.3 is 5.97 Å². The first-order valence-electron chi connectivity index (χ1n) is 12.4. The zero-order valence-corrected chi connectivity index (χ0v) is 20.6. The van der Waals surface area contributed by atoms with Gasteiger partial charge in [-0.15, -0.1) is 6.58 Å². The van der Waals surface area contributed by atoms with Crippen LogP contribution in [0, 0.1) is 28.1 Å². The minimum Gasteiger partial charge on any atom is -0.467 e. The van der Waals surface area contributed by atoms with E-state index in [-0.39, 0.29) is 22.7 Å². The minimum absolute atomic E-state index is 0.0277. The number of aromatic amines is 1. The Bertz CT molecular complexity index is 938. The third-order valence-corrected chi connectivity index (χ3v) is 9.12. The van der Waals surface area contributed by atoms with Crippen molar-refractivity contribution in [3.63, 3.8) is 0 Å². The second kappa shape index (κ2) is 8.77. The fourth-order valence-corrected chi connectivity index (χ4v) is 7.16. The van der Waals surface area contributed by atoms with Crippen LogP contribution in [0.1, 0.15) is 71.4 Å². The number of nitrogens with one attached hydrogen (secondary N) is 2. The number of rotatable bonds is 6. The summed E-state index contributed by atoms with van der Waals surface area (Å²) in [4.78, 5) is 33.3. The Balaban J connectivity index is 1.58. The van der Waals surface area contributed by atoms with E-state index < -0.39 is 17.4 Å². The van der Waals surface area contributed by atoms with Gasteiger partial charge in [-0.05, 0) is 61.2 Å². The summed E-state index contributed by atoms with van der Waals surface area (Å²) in [7, 11) is 1.36. The van der Waals surface area contributed by atoms with Gasteiger partial charge in [0.2, 0.25) is 5.91 Å². The average Bonchev–Trinajstić information content (AvgIpc) is 3.30. The van der Waals surface area contributed by atoms with Crippen molar-refractivity contribution < 1.29 is 14.3 Å². The number of methoxy groups -OCH3 is 1. The number of fused-ring (bicyclic) bond motifs is 3. The lowest BCUT2D eigenvalue weighted by molar-refractivity contribution is -0.150. The van der Waals surface area contributed by atoms with E-state index in [9.17, 15) is 9.59 Å². The van der Waals surface area contributed by atoms with Crippen LogP contribution in [0.4, 0.5) is 0 Å². The highest BCUT2D eigenvalue weighted by Gasteiger charge is 2.57. The van der Waals surface area contributed by atoms with Crippen molar-refractivity contribution in [3.8, 4) is 0 Å². The molecular weight excluding hydrogens is 414 g/mol. The topological polar surface area (TPSA) is 84.1 Å². The number of nitrogens with zero attached hydrogens (tertiary/aromatic N) is 1. The highest BCUT2D eigenvalue weighted by molar-refractivity contribution is 5.88. The van der Waals surface area contributed by atoms with E-state index in [2.05, 4.69) is 54.8 Å². The van der Waals surface area contributed by atoms with E-state index >= 15 is 0 Å². The van der Waals surface area contributed by atoms with Crippen molar-refractivity contribution in [2.75, 3.05) is 7.11 Å². The maximum atomic E-state index is 13.8. The summed E-state index contributed by atoms with van der Waals surface area (Å²) < 4.78 is 5.00. The molecule has 180 valence electrons. The second-order valence-electron chi connectivity index (χ2n) is 11.3. The molecule has 1 amide bonds. The molecule has 0 saturated heterocycles. The van der Waals surface area contributed by atoms with Gasteiger partial charge in [0.25, 0.3) is 0 Å². The van der Waals surface area contributed by atoms with Crippen molar-refractivity contribution in [1.29, 1.82) is 0 Å². The summed E-state index contributed by atoms with van der Waals surface area (Å²) >= 11 is 0. The summed E-state index contributed by atoms with van der Waals surface area (Å²) in [5, 5.41) is 3.07. The Morgan fingerprint density at radius 2 is 2.12 bits per heavy atom. The highest BCUT2D eigenvalue weighted by Crippen LogP contribution is 2.63. The van der Waals surface area contributed by atoms with E-state index in [0.29, 0.717) is 12.3 Å². The summed E-state index contributed by atoms with van der Waals surface area (Å²) in [6.07, 6.45) is 15.5. The van der Waals surface area contributed by atoms with Gasteiger partial charge < -0.3 is 15.0 Å². The lowest BCUT2D eigenvalue weighted by Crippen LogP contribution is -2.57. The summed E-state index contributed by atoms with van der Waals surface area (Å²) in [6.45, 7) is 10.9. The second-order valence-corrected chi connectivity index (χ2v) is 11.3. The molecule has 0 bridgehead atoms. The SMILES string of the molecule is C=C[C@@]1(C)CC=C2C(CCC3[C@](C)(C(=O)N[C@@H](Cc4cnc[nH]4)C(=O)OC)CCC[C@@]23C)C1. The number of ether oxygens (including phenoxy) is 1. The lowest BCUT2D eigenvalue weighted by atomic mass is 9.46. The molecule has 4 rings (SSSR count). The first kappa shape index (κ1) is 23.8. The van der Waals surface area contributed by atoms with E-state index in [0.717, 1.165) is 50.6 Å². The fourth-order valence-electron chi connectivity index (χ4n) is 7.16. The van der Waals surface area contributed by atoms with Crippen molar-refractivity contribution in [3.05, 3.63) is 42.5 Å². The molecule has 6 heteroatoms. The Morgan fingerprint density at radius 1 is 1.33 bits per heavy atom. The normalized spacial score (nSPS) is 36.5. The molecule has 2 unspecified atom stereocenters. The number of H-pyrrole nitrogens is 1. The number of amides is 1. The molecule has 2 saturated carbocycles. The number of hydrogen-bond donors (Lipinski definition) is 2. The lowest BCUT2D eigenvalue weighted by Gasteiger charge is -2.58. The molecule has 6 atom stereocenters. The van der Waals surface area contributed by atoms with Gasteiger partial charge in [0.05, 0.1) is 18.9 Å². The number of carbonyl (C=O) groups is 2. The molecule has 1 aromatic rings. The van der Waals surface area contributed by atoms with Crippen LogP contribution in [0.15, 0.2) is 36.8 Å². The van der Waals surface area contributed by atoms with E-state index in [1.807, 2.05) is 0 Å². The first-order valence-corrected chi connectivity index (χ1v) is 12.4. The number of aromatic nitrogens is 2. The summed E-state index contributed by atoms with van der Waals surface area (Å²) in [6, 6.07) is -0.730. The van der Waals surface area contributed by atoms with Gasteiger partial charge in [0.15, 0.2) is 0 Å². The molecule has 1 heterocycles. The molecule has 0 radical (unpaired) electrons. The predicted molar refractivity (Wildman–Crippen MR) is 128 cm³/mol. The number of imidazole rings is 1. The van der Waals surface area contributed by atoms with Crippen LogP contribution in [0.5, 0.6) is 0 Å². The van der Waals surface area contributed by atoms with Crippen LogP contribution < -0.4 is 5.32 Å². The largest absolute Gasteiger partial charge is 0.467 e. The molecule has 0 spiro atoms. The molecule has 3 aliphatic carbocycles. The molecular formula is C27H39N3O3. The molecule has 1 aromatic heterocycles. The van der Waals surface area contributed by atoms with E-state index in [1.54, 1.807) is 18.1 Å². The molecule has 33 heavy (non-hydrogen) atoms. The maximum Gasteiger partial charge on any atom is 0.328 e. The van der Waals surface area contributed by atoms with Crippen LogP contribution >= 0.6 is 0 Å². The average molecular weight is 454 g/mol. The van der Waals surface area contributed by atoms with Gasteiger partial charge in [0.1, 0.15) is 6.04 Å². The van der Waals surface area contributed by atoms with Crippen LogP contribution in [0.2, 0.25) is 0 Å². The Hall–Kier alpha value is -2.37. The highest BCUT2D eigenvalue weighted by atomic mass is 16.5. The zero-order chi connectivity index (χ0) is 23.9. The number of carbonyl (C=O) groups excluding carboxylic acids is 2. The van der Waals surface area contributed by atoms with Crippen molar-refractivity contribution in [2.45, 2.75) is 78.2 Å². The van der Waals surface area contributed by atoms with Crippen molar-refractivity contribution in [1.82, 2.24) is 15.3 Å². The molecule has 6 nitrogen and oxygen atoms in total. The smallest absolute Gasteiger partial charge is 0.328 e. The number of allylic oxidation sites excluding steroid dienone is 3. The number of esters is 1. The fraction of sp³-hybridized carbons (Fsp3) is 0.667. The third-order valence-electron chi connectivity index (χ3n) is 9.12. The summed E-state index contributed by atoms with van der Waals surface area (Å²) in [5.74, 6) is 0.387. The van der Waals surface area contributed by atoms with Gasteiger partial charge in [-0.2, -0.15) is 0 Å². The van der Waals surface area contributed by atoms with Crippen LogP contribution in [-0.2, 0) is 20.7 Å². The predicted octanol–water partition coefficient (Wildman–Crippen LogP) is 4.75. The quantitative estimate of drug-likeness (QED) is 0.481. The molecule has 3 aliphatic rings. The standard InChI is InChI=1S/C27H39N3O3/c1-6-25(2)13-10-20-18(15-25)8-9-22-26(20,3)11-7-12-27(22,4)24(32)30-21(23(31)33-5)14-19-16-28-17-29-19/h6,10,16-18,21-22H,1,7-9,11-15H2,2-5H3,(H,28,29)(H,30,32)/t18?,21-,22?,25-,26-,27+/m0/s1. The molecule has 2 N–H and O–H groups in total. The molecule has 0 aromatic carbocycles. The maximum absolute atomic E-state index is 13.8. The van der Waals surface area contributed by atoms with Crippen molar-refractivity contribution >= 4 is 11.9 Å². The summed E-state index contributed by atoms with van der Waals surface area (Å²) in [5.41, 5.74) is 2.05. The zero-order valence-electron chi connectivity index (χ0n) is 20.6.